The van der Waals surface area contributed by atoms with Gasteiger partial charge in [-0.2, -0.15) is 24.2 Å². The summed E-state index contributed by atoms with van der Waals surface area (Å²) in [6.45, 7) is -2.69. The average molecular weight is 405 g/mol. The molecule has 0 unspecified atom stereocenters. The zero-order valence-corrected chi connectivity index (χ0v) is 15.8. The van der Waals surface area contributed by atoms with Gasteiger partial charge in [0.2, 0.25) is 0 Å². The molecule has 0 saturated heterocycles. The number of alkyl halides is 2. The van der Waals surface area contributed by atoms with Gasteiger partial charge in [0.25, 0.3) is 0 Å². The highest BCUT2D eigenvalue weighted by Gasteiger charge is 2.22. The lowest BCUT2D eigenvalue weighted by molar-refractivity contribution is 0.0566. The van der Waals surface area contributed by atoms with Crippen LogP contribution < -0.4 is 5.32 Å². The van der Waals surface area contributed by atoms with Gasteiger partial charge in [0.05, 0.1) is 29.0 Å². The molecule has 30 heavy (non-hydrogen) atoms. The summed E-state index contributed by atoms with van der Waals surface area (Å²) in [4.78, 5) is 4.52. The van der Waals surface area contributed by atoms with E-state index in [2.05, 4.69) is 31.7 Å². The minimum atomic E-state index is -2.69. The highest BCUT2D eigenvalue weighted by Crippen LogP contribution is 2.34. The van der Waals surface area contributed by atoms with Crippen molar-refractivity contribution in [3.05, 3.63) is 59.7 Å². The van der Waals surface area contributed by atoms with Gasteiger partial charge in [-0.3, -0.25) is 10.1 Å². The number of rotatable bonds is 4. The summed E-state index contributed by atoms with van der Waals surface area (Å²) in [5, 5.41) is 24.4. The van der Waals surface area contributed by atoms with E-state index >= 15 is 0 Å². The normalized spacial score (nSPS) is 15.9. The number of aromatic amines is 1. The molecule has 1 aromatic carbocycles. The molecule has 0 fully saturated rings. The highest BCUT2D eigenvalue weighted by molar-refractivity contribution is 5.94. The summed E-state index contributed by atoms with van der Waals surface area (Å²) in [7, 11) is 0. The molecule has 2 N–H and O–H groups in total. The Morgan fingerprint density at radius 1 is 1.27 bits per heavy atom. The van der Waals surface area contributed by atoms with Crippen molar-refractivity contribution in [3.63, 3.8) is 0 Å². The number of nitriles is 1. The van der Waals surface area contributed by atoms with Gasteiger partial charge in [-0.1, -0.05) is 0 Å². The van der Waals surface area contributed by atoms with E-state index in [1.807, 2.05) is 24.3 Å². The fraction of sp³-hybridized carbons (Fsp3) is 0.238. The van der Waals surface area contributed by atoms with Crippen LogP contribution in [0.4, 0.5) is 14.5 Å². The fourth-order valence-corrected chi connectivity index (χ4v) is 3.96. The van der Waals surface area contributed by atoms with Crippen LogP contribution in [-0.4, -0.2) is 25.0 Å². The lowest BCUT2D eigenvalue weighted by Crippen LogP contribution is -2.19. The van der Waals surface area contributed by atoms with E-state index < -0.39 is 6.55 Å². The third-order valence-corrected chi connectivity index (χ3v) is 5.38. The third kappa shape index (κ3) is 3.16. The van der Waals surface area contributed by atoms with Gasteiger partial charge in [0.1, 0.15) is 11.8 Å². The number of hydrogen-bond acceptors (Lipinski definition) is 5. The Morgan fingerprint density at radius 3 is 2.97 bits per heavy atom. The van der Waals surface area contributed by atoms with Gasteiger partial charge < -0.3 is 5.32 Å². The molecule has 4 aromatic rings. The molecule has 0 saturated carbocycles. The van der Waals surface area contributed by atoms with Gasteiger partial charge >= 0.3 is 6.55 Å². The second-order valence-electron chi connectivity index (χ2n) is 7.29. The molecular weight excluding hydrogens is 388 g/mol. The standard InChI is InChI=1S/C21H17F2N7/c22-21(23)30-11-14(10-26-30)19-16-7-15(4-5-17(16)28-29-19)27-18-3-1-2-13-6-12(8-24)9-25-20(13)18/h4-7,9-11,18,21,27H,1-3H2,(H,28,29)/t18-/m1/s1. The SMILES string of the molecule is N#Cc1cnc2c(c1)CCC[C@H]2Nc1ccc2[nH]nc(-c3cnn(C(F)F)c3)c2c1. The summed E-state index contributed by atoms with van der Waals surface area (Å²) in [6, 6.07) is 9.89. The Bertz CT molecular complexity index is 1270. The molecule has 0 bridgehead atoms. The number of H-pyrrole nitrogens is 1. The monoisotopic (exact) mass is 405 g/mol. The topological polar surface area (TPSA) is 95.2 Å². The maximum atomic E-state index is 12.9. The first-order valence-corrected chi connectivity index (χ1v) is 9.58. The van der Waals surface area contributed by atoms with Crippen molar-refractivity contribution in [2.45, 2.75) is 31.9 Å². The molecule has 1 aliphatic carbocycles. The summed E-state index contributed by atoms with van der Waals surface area (Å²) < 4.78 is 26.3. The first kappa shape index (κ1) is 18.2. The number of nitrogens with zero attached hydrogens (tertiary/aromatic N) is 5. The van der Waals surface area contributed by atoms with Crippen LogP contribution in [0.3, 0.4) is 0 Å². The maximum absolute atomic E-state index is 12.9. The van der Waals surface area contributed by atoms with E-state index in [0.717, 1.165) is 47.1 Å². The first-order valence-electron chi connectivity index (χ1n) is 9.58. The van der Waals surface area contributed by atoms with Crippen molar-refractivity contribution >= 4 is 16.6 Å². The molecule has 0 amide bonds. The number of pyridine rings is 1. The van der Waals surface area contributed by atoms with E-state index in [1.54, 1.807) is 6.20 Å². The van der Waals surface area contributed by atoms with E-state index in [4.69, 9.17) is 5.26 Å². The molecule has 9 heteroatoms. The molecule has 3 heterocycles. The number of anilines is 1. The van der Waals surface area contributed by atoms with Crippen LogP contribution in [0.5, 0.6) is 0 Å². The average Bonchev–Trinajstić information content (AvgIpc) is 3.40. The third-order valence-electron chi connectivity index (χ3n) is 5.38. The Balaban J connectivity index is 1.47. The lowest BCUT2D eigenvalue weighted by atomic mass is 9.91. The first-order chi connectivity index (χ1) is 14.6. The van der Waals surface area contributed by atoms with Crippen molar-refractivity contribution < 1.29 is 8.78 Å². The van der Waals surface area contributed by atoms with Gasteiger partial charge in [-0.05, 0) is 49.1 Å². The summed E-state index contributed by atoms with van der Waals surface area (Å²) >= 11 is 0. The van der Waals surface area contributed by atoms with E-state index in [0.29, 0.717) is 21.5 Å². The highest BCUT2D eigenvalue weighted by atomic mass is 19.3. The molecular formula is C21H17F2N7. The van der Waals surface area contributed by atoms with Crippen LogP contribution >= 0.6 is 0 Å². The molecule has 3 aromatic heterocycles. The predicted molar refractivity (Wildman–Crippen MR) is 107 cm³/mol. The van der Waals surface area contributed by atoms with Crippen LogP contribution in [-0.2, 0) is 6.42 Å². The molecule has 1 aliphatic rings. The minimum absolute atomic E-state index is 0.0378. The smallest absolute Gasteiger partial charge is 0.333 e. The number of aromatic nitrogens is 5. The molecule has 0 aliphatic heterocycles. The van der Waals surface area contributed by atoms with Crippen LogP contribution in [0.25, 0.3) is 22.2 Å². The largest absolute Gasteiger partial charge is 0.377 e. The minimum Gasteiger partial charge on any atom is -0.377 e. The molecule has 0 radical (unpaired) electrons. The quantitative estimate of drug-likeness (QED) is 0.518. The summed E-state index contributed by atoms with van der Waals surface area (Å²) in [6.07, 6.45) is 7.13. The van der Waals surface area contributed by atoms with Crippen molar-refractivity contribution in [2.75, 3.05) is 5.32 Å². The van der Waals surface area contributed by atoms with Crippen molar-refractivity contribution in [2.24, 2.45) is 0 Å². The lowest BCUT2D eigenvalue weighted by Gasteiger charge is -2.26. The second kappa shape index (κ2) is 7.22. The van der Waals surface area contributed by atoms with Crippen molar-refractivity contribution in [1.29, 1.82) is 5.26 Å². The molecule has 5 rings (SSSR count). The number of halogens is 2. The van der Waals surface area contributed by atoms with Gasteiger partial charge in [-0.25, -0.2) is 4.68 Å². The maximum Gasteiger partial charge on any atom is 0.333 e. The Hall–Kier alpha value is -3.80. The predicted octanol–water partition coefficient (Wildman–Crippen LogP) is 4.58. The van der Waals surface area contributed by atoms with E-state index in [9.17, 15) is 8.78 Å². The van der Waals surface area contributed by atoms with Crippen LogP contribution in [0, 0.1) is 11.3 Å². The zero-order valence-electron chi connectivity index (χ0n) is 15.8. The van der Waals surface area contributed by atoms with Crippen molar-refractivity contribution in [1.82, 2.24) is 25.0 Å². The fourth-order valence-electron chi connectivity index (χ4n) is 3.96. The zero-order chi connectivity index (χ0) is 20.7. The Morgan fingerprint density at radius 2 is 2.17 bits per heavy atom. The molecule has 1 atom stereocenters. The Kier molecular flexibility index (Phi) is 4.39. The number of aryl methyl sites for hydroxylation is 1. The van der Waals surface area contributed by atoms with Gasteiger partial charge in [-0.15, -0.1) is 0 Å². The Labute approximate surface area is 170 Å². The van der Waals surface area contributed by atoms with Crippen LogP contribution in [0.2, 0.25) is 0 Å². The number of hydrogen-bond donors (Lipinski definition) is 2. The number of fused-ring (bicyclic) bond motifs is 2. The van der Waals surface area contributed by atoms with Gasteiger partial charge in [0.15, 0.2) is 0 Å². The van der Waals surface area contributed by atoms with Gasteiger partial charge in [0, 0.05) is 29.0 Å². The molecule has 7 nitrogen and oxygen atoms in total. The van der Waals surface area contributed by atoms with E-state index in [-0.39, 0.29) is 6.04 Å². The summed E-state index contributed by atoms with van der Waals surface area (Å²) in [5.41, 5.74) is 5.42. The second-order valence-corrected chi connectivity index (χ2v) is 7.29. The van der Waals surface area contributed by atoms with Crippen molar-refractivity contribution in [3.8, 4) is 17.3 Å². The number of nitrogens with one attached hydrogen (secondary N) is 2. The van der Waals surface area contributed by atoms with E-state index in [1.165, 1.54) is 12.4 Å². The molecule has 150 valence electrons. The van der Waals surface area contributed by atoms with Crippen LogP contribution in [0.15, 0.2) is 42.9 Å². The number of benzene rings is 1. The van der Waals surface area contributed by atoms with Crippen LogP contribution in [0.1, 0.15) is 42.3 Å². The molecule has 0 spiro atoms. The summed E-state index contributed by atoms with van der Waals surface area (Å²) in [5.74, 6) is 0.